The van der Waals surface area contributed by atoms with Gasteiger partial charge in [-0.05, 0) is 58.5 Å². The molecule has 3 atom stereocenters. The minimum Gasteiger partial charge on any atom is -0.493 e. The second-order valence-corrected chi connectivity index (χ2v) is 10.3. The highest BCUT2D eigenvalue weighted by Gasteiger charge is 2.41. The van der Waals surface area contributed by atoms with Crippen molar-refractivity contribution in [1.82, 2.24) is 10.2 Å². The molecule has 0 saturated carbocycles. The van der Waals surface area contributed by atoms with Gasteiger partial charge in [0.05, 0.1) is 23.3 Å². The van der Waals surface area contributed by atoms with Crippen molar-refractivity contribution >= 4 is 52.3 Å². The maximum atomic E-state index is 13.2. The number of amides is 2. The zero-order chi connectivity index (χ0) is 28.5. The number of carbonyl (C=O) groups is 3. The molecule has 0 aliphatic heterocycles. The molecule has 0 radical (unpaired) electrons. The molecule has 3 rings (SSSR count). The molecule has 0 heterocycles. The fourth-order valence-corrected chi connectivity index (χ4v) is 5.10. The predicted octanol–water partition coefficient (Wildman–Crippen LogP) is 2.36. The van der Waals surface area contributed by atoms with Crippen molar-refractivity contribution in [2.75, 3.05) is 34.0 Å². The summed E-state index contributed by atoms with van der Waals surface area (Å²) in [5.74, 6) is -0.313. The summed E-state index contributed by atoms with van der Waals surface area (Å²) in [7, 11) is 2.82. The number of methoxy groups -OCH3 is 2. The second kappa shape index (κ2) is 14.6. The largest absolute Gasteiger partial charge is 0.493 e. The number of hydrogen-bond acceptors (Lipinski definition) is 8. The van der Waals surface area contributed by atoms with Crippen LogP contribution in [0, 0.1) is 3.57 Å². The van der Waals surface area contributed by atoms with E-state index in [2.05, 4.69) is 5.32 Å². The molecule has 3 N–H and O–H groups in total. The van der Waals surface area contributed by atoms with Crippen LogP contribution in [0.4, 0.5) is 0 Å². The lowest BCUT2D eigenvalue weighted by atomic mass is 9.87. The Hall–Kier alpha value is -2.71. The van der Waals surface area contributed by atoms with Crippen LogP contribution in [0.1, 0.15) is 22.3 Å². The molecule has 0 fully saturated rings. The molecule has 1 aliphatic rings. The van der Waals surface area contributed by atoms with Crippen LogP contribution in [0.3, 0.4) is 0 Å². The smallest absolute Gasteiger partial charge is 0.249 e. The summed E-state index contributed by atoms with van der Waals surface area (Å²) in [6.45, 7) is -0.339. The van der Waals surface area contributed by atoms with E-state index in [1.807, 2.05) is 22.6 Å². The molecule has 2 aromatic carbocycles. The average molecular weight is 673 g/mol. The molecule has 0 spiro atoms. The van der Waals surface area contributed by atoms with E-state index in [0.29, 0.717) is 20.4 Å². The van der Waals surface area contributed by atoms with Crippen molar-refractivity contribution in [3.8, 4) is 11.5 Å². The van der Waals surface area contributed by atoms with Gasteiger partial charge in [-0.2, -0.15) is 0 Å². The van der Waals surface area contributed by atoms with Gasteiger partial charge >= 0.3 is 0 Å². The Kier molecular flexibility index (Phi) is 11.5. The van der Waals surface area contributed by atoms with Gasteiger partial charge in [0.15, 0.2) is 11.5 Å². The van der Waals surface area contributed by atoms with Gasteiger partial charge in [0, 0.05) is 42.8 Å². The zero-order valence-electron chi connectivity index (χ0n) is 21.4. The summed E-state index contributed by atoms with van der Waals surface area (Å²) in [6.07, 6.45) is -0.109. The topological polar surface area (TPSA) is 135 Å². The Bertz CT molecular complexity index is 1210. The van der Waals surface area contributed by atoms with E-state index in [0.717, 1.165) is 5.56 Å². The Morgan fingerprint density at radius 2 is 1.95 bits per heavy atom. The van der Waals surface area contributed by atoms with Crippen LogP contribution < -0.4 is 14.8 Å². The fraction of sp³-hybridized carbons (Fsp3) is 0.370. The van der Waals surface area contributed by atoms with Gasteiger partial charge in [-0.1, -0.05) is 23.7 Å². The number of aliphatic hydroxyl groups is 2. The first kappa shape index (κ1) is 30.8. The molecule has 2 aromatic rings. The molecule has 12 heteroatoms. The molecule has 0 saturated heterocycles. The van der Waals surface area contributed by atoms with E-state index in [9.17, 15) is 24.6 Å². The third-order valence-electron chi connectivity index (χ3n) is 6.11. The predicted molar refractivity (Wildman–Crippen MR) is 152 cm³/mol. The van der Waals surface area contributed by atoms with Gasteiger partial charge < -0.3 is 34.6 Å². The SMILES string of the molecule is COCC(=O)N(Cc1ccc(Cl)cc1)[C@@H]1CC(C(=O)NCCO)=C[C@H](Oc2c(I)cc(C=O)cc2OC)[C@H]1O. The lowest BCUT2D eigenvalue weighted by Gasteiger charge is -2.40. The molecule has 2 amide bonds. The summed E-state index contributed by atoms with van der Waals surface area (Å²) < 4.78 is 17.3. The van der Waals surface area contributed by atoms with Gasteiger partial charge in [0.1, 0.15) is 25.1 Å². The van der Waals surface area contributed by atoms with E-state index in [1.54, 1.807) is 30.3 Å². The average Bonchev–Trinajstić information content (AvgIpc) is 2.93. The van der Waals surface area contributed by atoms with E-state index >= 15 is 0 Å². The number of aldehydes is 1. The number of nitrogens with one attached hydrogen (secondary N) is 1. The maximum absolute atomic E-state index is 13.2. The van der Waals surface area contributed by atoms with E-state index in [-0.39, 0.29) is 49.8 Å². The fourth-order valence-electron chi connectivity index (χ4n) is 4.22. The third-order valence-corrected chi connectivity index (χ3v) is 7.16. The molecular formula is C27H30ClIN2O8. The summed E-state index contributed by atoms with van der Waals surface area (Å²) in [5, 5.41) is 23.9. The number of rotatable bonds is 12. The van der Waals surface area contributed by atoms with Crippen LogP contribution in [-0.4, -0.2) is 85.4 Å². The number of benzene rings is 2. The number of nitrogens with zero attached hydrogens (tertiary/aromatic N) is 1. The molecule has 210 valence electrons. The number of halogens is 2. The number of hydrogen-bond donors (Lipinski definition) is 3. The van der Waals surface area contributed by atoms with Crippen LogP contribution in [0.25, 0.3) is 0 Å². The van der Waals surface area contributed by atoms with E-state index in [1.165, 1.54) is 31.3 Å². The second-order valence-electron chi connectivity index (χ2n) is 8.75. The molecule has 0 bridgehead atoms. The van der Waals surface area contributed by atoms with Crippen molar-refractivity contribution in [3.05, 3.63) is 67.8 Å². The number of carbonyl (C=O) groups excluding carboxylic acids is 3. The van der Waals surface area contributed by atoms with Crippen molar-refractivity contribution in [2.45, 2.75) is 31.2 Å². The zero-order valence-corrected chi connectivity index (χ0v) is 24.3. The van der Waals surface area contributed by atoms with Gasteiger partial charge in [-0.15, -0.1) is 0 Å². The van der Waals surface area contributed by atoms with Gasteiger partial charge in [-0.25, -0.2) is 0 Å². The van der Waals surface area contributed by atoms with Crippen LogP contribution in [-0.2, 0) is 20.9 Å². The molecule has 0 aromatic heterocycles. The Balaban J connectivity index is 2.03. The lowest BCUT2D eigenvalue weighted by Crippen LogP contribution is -2.55. The summed E-state index contributed by atoms with van der Waals surface area (Å²) in [5.41, 5.74) is 1.41. The van der Waals surface area contributed by atoms with Crippen LogP contribution in [0.5, 0.6) is 11.5 Å². The first-order valence-corrected chi connectivity index (χ1v) is 13.5. The Morgan fingerprint density at radius 1 is 1.23 bits per heavy atom. The normalized spacial score (nSPS) is 18.6. The van der Waals surface area contributed by atoms with Crippen molar-refractivity contribution in [2.24, 2.45) is 0 Å². The van der Waals surface area contributed by atoms with Crippen molar-refractivity contribution in [1.29, 1.82) is 0 Å². The standard InChI is InChI=1S/C27H30ClIN2O8/c1-37-15-24(34)31(13-16-3-5-19(28)6-4-16)21-11-18(27(36)30-7-8-32)12-22(25(21)35)39-26-20(29)9-17(14-33)10-23(26)38-2/h3-6,9-10,12,14,21-22,25,32,35H,7-8,11,13,15H2,1-2H3,(H,30,36)/t21-,22+,25+/m1/s1. The highest BCUT2D eigenvalue weighted by molar-refractivity contribution is 14.1. The van der Waals surface area contributed by atoms with E-state index < -0.39 is 30.1 Å². The summed E-state index contributed by atoms with van der Waals surface area (Å²) >= 11 is 8.01. The molecule has 1 aliphatic carbocycles. The maximum Gasteiger partial charge on any atom is 0.249 e. The minimum absolute atomic E-state index is 0.0274. The van der Waals surface area contributed by atoms with Crippen LogP contribution >= 0.6 is 34.2 Å². The first-order chi connectivity index (χ1) is 18.7. The van der Waals surface area contributed by atoms with Crippen LogP contribution in [0.15, 0.2) is 48.0 Å². The van der Waals surface area contributed by atoms with Gasteiger partial charge in [0.2, 0.25) is 11.8 Å². The Morgan fingerprint density at radius 3 is 2.56 bits per heavy atom. The molecule has 39 heavy (non-hydrogen) atoms. The highest BCUT2D eigenvalue weighted by atomic mass is 127. The van der Waals surface area contributed by atoms with Crippen LogP contribution in [0.2, 0.25) is 5.02 Å². The van der Waals surface area contributed by atoms with Crippen molar-refractivity contribution in [3.63, 3.8) is 0 Å². The molecule has 0 unspecified atom stereocenters. The van der Waals surface area contributed by atoms with Crippen molar-refractivity contribution < 1.29 is 38.8 Å². The molecule has 10 nitrogen and oxygen atoms in total. The lowest BCUT2D eigenvalue weighted by molar-refractivity contribution is -0.143. The minimum atomic E-state index is -1.25. The highest BCUT2D eigenvalue weighted by Crippen LogP contribution is 2.37. The summed E-state index contributed by atoms with van der Waals surface area (Å²) in [6, 6.07) is 9.17. The van der Waals surface area contributed by atoms with Gasteiger partial charge in [0.25, 0.3) is 0 Å². The first-order valence-electron chi connectivity index (χ1n) is 12.0. The number of ether oxygens (including phenoxy) is 3. The third kappa shape index (κ3) is 7.92. The van der Waals surface area contributed by atoms with E-state index in [4.69, 9.17) is 25.8 Å². The quantitative estimate of drug-likeness (QED) is 0.231. The number of aliphatic hydroxyl groups excluding tert-OH is 2. The molecular weight excluding hydrogens is 643 g/mol. The monoisotopic (exact) mass is 672 g/mol. The Labute approximate surface area is 245 Å². The summed E-state index contributed by atoms with van der Waals surface area (Å²) in [4.78, 5) is 39.0. The van der Waals surface area contributed by atoms with Gasteiger partial charge in [-0.3, -0.25) is 14.4 Å².